The smallest absolute Gasteiger partial charge is 0.321 e. The highest BCUT2D eigenvalue weighted by molar-refractivity contribution is 5.89. The van der Waals surface area contributed by atoms with Crippen LogP contribution in [0.15, 0.2) is 24.3 Å². The molecule has 0 bridgehead atoms. The van der Waals surface area contributed by atoms with E-state index in [1.807, 2.05) is 11.0 Å². The Labute approximate surface area is 137 Å². The van der Waals surface area contributed by atoms with Crippen LogP contribution in [0.4, 0.5) is 10.5 Å². The molecule has 0 aromatic heterocycles. The Morgan fingerprint density at radius 2 is 2.09 bits per heavy atom. The van der Waals surface area contributed by atoms with Gasteiger partial charge in [-0.1, -0.05) is 12.5 Å². The number of benzene rings is 1. The zero-order valence-corrected chi connectivity index (χ0v) is 13.5. The van der Waals surface area contributed by atoms with Crippen LogP contribution in [0.2, 0.25) is 0 Å². The van der Waals surface area contributed by atoms with Crippen LogP contribution in [-0.2, 0) is 0 Å². The molecule has 2 fully saturated rings. The number of carbonyl (C=O) groups is 1. The molecule has 2 amide bonds. The molecule has 0 spiro atoms. The lowest BCUT2D eigenvalue weighted by atomic mass is 10.1. The summed E-state index contributed by atoms with van der Waals surface area (Å²) in [6.07, 6.45) is 5.07. The molecule has 5 heteroatoms. The van der Waals surface area contributed by atoms with Gasteiger partial charge in [0.1, 0.15) is 0 Å². The fourth-order valence-corrected chi connectivity index (χ4v) is 3.54. The normalized spacial score (nSPS) is 21.9. The van der Waals surface area contributed by atoms with Crippen LogP contribution in [0.1, 0.15) is 31.2 Å². The first-order valence-electron chi connectivity index (χ1n) is 8.53. The van der Waals surface area contributed by atoms with E-state index < -0.39 is 0 Å². The van der Waals surface area contributed by atoms with Crippen molar-refractivity contribution in [3.05, 3.63) is 29.8 Å². The van der Waals surface area contributed by atoms with Crippen molar-refractivity contribution in [3.63, 3.8) is 0 Å². The zero-order chi connectivity index (χ0) is 16.1. The maximum Gasteiger partial charge on any atom is 0.321 e. The summed E-state index contributed by atoms with van der Waals surface area (Å²) in [7, 11) is 0. The lowest BCUT2D eigenvalue weighted by molar-refractivity contribution is 0.192. The van der Waals surface area contributed by atoms with Crippen LogP contribution >= 0.6 is 0 Å². The number of amides is 2. The van der Waals surface area contributed by atoms with Gasteiger partial charge in [-0.2, -0.15) is 5.26 Å². The molecule has 1 unspecified atom stereocenters. The maximum atomic E-state index is 12.4. The average Bonchev–Trinajstić information content (AvgIpc) is 3.04. The van der Waals surface area contributed by atoms with E-state index in [1.54, 1.807) is 18.2 Å². The SMILES string of the molecule is N#Cc1cccc(NC(=O)N2CCC(CN3CCCCC3)C2)c1. The minimum atomic E-state index is -0.0544. The molecule has 1 atom stereocenters. The molecule has 3 rings (SSSR count). The molecule has 122 valence electrons. The topological polar surface area (TPSA) is 59.4 Å². The summed E-state index contributed by atoms with van der Waals surface area (Å²) in [5.41, 5.74) is 1.25. The molecule has 1 N–H and O–H groups in total. The molecule has 0 aliphatic carbocycles. The zero-order valence-electron chi connectivity index (χ0n) is 13.5. The molecule has 2 heterocycles. The highest BCUT2D eigenvalue weighted by Gasteiger charge is 2.28. The Morgan fingerprint density at radius 3 is 2.87 bits per heavy atom. The van der Waals surface area contributed by atoms with Gasteiger partial charge in [-0.15, -0.1) is 0 Å². The largest absolute Gasteiger partial charge is 0.324 e. The summed E-state index contributed by atoms with van der Waals surface area (Å²) < 4.78 is 0. The number of urea groups is 1. The number of nitriles is 1. The second kappa shape index (κ2) is 7.47. The van der Waals surface area contributed by atoms with E-state index in [9.17, 15) is 4.79 Å². The van der Waals surface area contributed by atoms with E-state index in [4.69, 9.17) is 5.26 Å². The number of hydrogen-bond donors (Lipinski definition) is 1. The quantitative estimate of drug-likeness (QED) is 0.933. The highest BCUT2D eigenvalue weighted by atomic mass is 16.2. The van der Waals surface area contributed by atoms with E-state index in [0.29, 0.717) is 17.2 Å². The molecular weight excluding hydrogens is 288 g/mol. The molecule has 1 aromatic carbocycles. The standard InChI is InChI=1S/C18H24N4O/c19-12-15-5-4-6-17(11-15)20-18(23)22-10-7-16(14-22)13-21-8-2-1-3-9-21/h4-6,11,16H,1-3,7-10,13-14H2,(H,20,23). The van der Waals surface area contributed by atoms with Gasteiger partial charge in [0.05, 0.1) is 11.6 Å². The van der Waals surface area contributed by atoms with Crippen LogP contribution in [-0.4, -0.2) is 48.6 Å². The molecule has 2 aliphatic heterocycles. The maximum absolute atomic E-state index is 12.4. The summed E-state index contributed by atoms with van der Waals surface area (Å²) in [5.74, 6) is 0.587. The van der Waals surface area contributed by atoms with Crippen molar-refractivity contribution in [2.75, 3.05) is 38.0 Å². The van der Waals surface area contributed by atoms with E-state index >= 15 is 0 Å². The lowest BCUT2D eigenvalue weighted by Gasteiger charge is -2.29. The first kappa shape index (κ1) is 15.8. The van der Waals surface area contributed by atoms with Crippen LogP contribution in [0.3, 0.4) is 0 Å². The summed E-state index contributed by atoms with van der Waals surface area (Å²) in [6, 6.07) is 9.09. The molecular formula is C18H24N4O. The van der Waals surface area contributed by atoms with Crippen molar-refractivity contribution >= 4 is 11.7 Å². The minimum absolute atomic E-state index is 0.0544. The predicted molar refractivity (Wildman–Crippen MR) is 90.1 cm³/mol. The van der Waals surface area contributed by atoms with Crippen molar-refractivity contribution in [3.8, 4) is 6.07 Å². The fraction of sp³-hybridized carbons (Fsp3) is 0.556. The van der Waals surface area contributed by atoms with Crippen LogP contribution < -0.4 is 5.32 Å². The average molecular weight is 312 g/mol. The number of hydrogen-bond acceptors (Lipinski definition) is 3. The van der Waals surface area contributed by atoms with E-state index in [-0.39, 0.29) is 6.03 Å². The van der Waals surface area contributed by atoms with Crippen molar-refractivity contribution in [2.24, 2.45) is 5.92 Å². The van der Waals surface area contributed by atoms with Gasteiger partial charge in [-0.05, 0) is 56.5 Å². The van der Waals surface area contributed by atoms with E-state index in [1.165, 1.54) is 32.4 Å². The number of piperidine rings is 1. The van der Waals surface area contributed by atoms with Crippen LogP contribution in [0, 0.1) is 17.2 Å². The predicted octanol–water partition coefficient (Wildman–Crippen LogP) is 2.90. The summed E-state index contributed by atoms with van der Waals surface area (Å²) in [4.78, 5) is 16.8. The van der Waals surface area contributed by atoms with E-state index in [2.05, 4.69) is 16.3 Å². The van der Waals surface area contributed by atoms with Crippen molar-refractivity contribution in [1.29, 1.82) is 5.26 Å². The first-order valence-corrected chi connectivity index (χ1v) is 8.53. The van der Waals surface area contributed by atoms with Crippen molar-refractivity contribution in [2.45, 2.75) is 25.7 Å². The number of nitrogens with one attached hydrogen (secondary N) is 1. The van der Waals surface area contributed by atoms with E-state index in [0.717, 1.165) is 26.1 Å². The summed E-state index contributed by atoms with van der Waals surface area (Å²) >= 11 is 0. The molecule has 5 nitrogen and oxygen atoms in total. The number of anilines is 1. The molecule has 0 radical (unpaired) electrons. The van der Waals surface area contributed by atoms with Gasteiger partial charge in [0.25, 0.3) is 0 Å². The van der Waals surface area contributed by atoms with Gasteiger partial charge in [0, 0.05) is 25.3 Å². The Kier molecular flexibility index (Phi) is 5.14. The Bertz CT molecular complexity index is 589. The third-order valence-electron chi connectivity index (χ3n) is 4.78. The van der Waals surface area contributed by atoms with Crippen molar-refractivity contribution < 1.29 is 4.79 Å². The summed E-state index contributed by atoms with van der Waals surface area (Å²) in [5, 5.41) is 11.8. The number of nitrogens with zero attached hydrogens (tertiary/aromatic N) is 3. The van der Waals surface area contributed by atoms with Gasteiger partial charge in [-0.25, -0.2) is 4.79 Å². The molecule has 2 saturated heterocycles. The fourth-order valence-electron chi connectivity index (χ4n) is 3.54. The lowest BCUT2D eigenvalue weighted by Crippen LogP contribution is -2.37. The van der Waals surface area contributed by atoms with Gasteiger partial charge in [-0.3, -0.25) is 0 Å². The Balaban J connectivity index is 1.49. The third-order valence-corrected chi connectivity index (χ3v) is 4.78. The Hall–Kier alpha value is -2.06. The number of likely N-dealkylation sites (tertiary alicyclic amines) is 2. The molecule has 2 aliphatic rings. The van der Waals surface area contributed by atoms with Gasteiger partial charge < -0.3 is 15.1 Å². The third kappa shape index (κ3) is 4.23. The van der Waals surface area contributed by atoms with Gasteiger partial charge in [0.15, 0.2) is 0 Å². The second-order valence-corrected chi connectivity index (χ2v) is 6.58. The molecule has 1 aromatic rings. The van der Waals surface area contributed by atoms with Gasteiger partial charge >= 0.3 is 6.03 Å². The minimum Gasteiger partial charge on any atom is -0.324 e. The number of rotatable bonds is 3. The first-order chi connectivity index (χ1) is 11.2. The van der Waals surface area contributed by atoms with Crippen LogP contribution in [0.25, 0.3) is 0 Å². The highest BCUT2D eigenvalue weighted by Crippen LogP contribution is 2.21. The number of carbonyl (C=O) groups excluding carboxylic acids is 1. The molecule has 23 heavy (non-hydrogen) atoms. The van der Waals surface area contributed by atoms with Crippen molar-refractivity contribution in [1.82, 2.24) is 9.80 Å². The van der Waals surface area contributed by atoms with Crippen LogP contribution in [0.5, 0.6) is 0 Å². The Morgan fingerprint density at radius 1 is 1.26 bits per heavy atom. The molecule has 0 saturated carbocycles. The summed E-state index contributed by atoms with van der Waals surface area (Å²) in [6.45, 7) is 5.20. The second-order valence-electron chi connectivity index (χ2n) is 6.58. The monoisotopic (exact) mass is 312 g/mol. The van der Waals surface area contributed by atoms with Gasteiger partial charge in [0.2, 0.25) is 0 Å².